The van der Waals surface area contributed by atoms with Gasteiger partial charge in [0.1, 0.15) is 5.82 Å². The smallest absolute Gasteiger partial charge is 0.110 e. The van der Waals surface area contributed by atoms with Crippen molar-refractivity contribution in [3.05, 3.63) is 53.1 Å². The zero-order valence-electron chi connectivity index (χ0n) is 9.60. The maximum Gasteiger partial charge on any atom is 0.110 e. The van der Waals surface area contributed by atoms with Crippen LogP contribution in [0.3, 0.4) is 0 Å². The fourth-order valence-electron chi connectivity index (χ4n) is 1.74. The van der Waals surface area contributed by atoms with Gasteiger partial charge in [-0.2, -0.15) is 0 Å². The lowest BCUT2D eigenvalue weighted by molar-refractivity contribution is 0.530. The Morgan fingerprint density at radius 1 is 1.41 bits per heavy atom. The minimum Gasteiger partial charge on any atom is -0.338 e. The van der Waals surface area contributed by atoms with E-state index in [4.69, 9.17) is 17.4 Å². The molecule has 2 rings (SSSR count). The largest absolute Gasteiger partial charge is 0.338 e. The third-order valence-corrected chi connectivity index (χ3v) is 3.03. The molecule has 1 heterocycles. The van der Waals surface area contributed by atoms with Crippen molar-refractivity contribution in [3.63, 3.8) is 0 Å². The van der Waals surface area contributed by atoms with Gasteiger partial charge in [-0.1, -0.05) is 23.7 Å². The Kier molecular flexibility index (Phi) is 3.78. The van der Waals surface area contributed by atoms with Crippen molar-refractivity contribution >= 4 is 11.6 Å². The molecule has 0 saturated heterocycles. The molecule has 0 aliphatic rings. The Labute approximate surface area is 105 Å². The molecule has 4 nitrogen and oxygen atoms in total. The van der Waals surface area contributed by atoms with E-state index >= 15 is 0 Å². The predicted molar refractivity (Wildman–Crippen MR) is 68.4 cm³/mol. The number of hydrogen-bond acceptors (Lipinski definition) is 3. The molecule has 17 heavy (non-hydrogen) atoms. The molecular weight excluding hydrogens is 236 g/mol. The van der Waals surface area contributed by atoms with Crippen molar-refractivity contribution in [3.8, 4) is 0 Å². The van der Waals surface area contributed by atoms with Crippen LogP contribution in [0, 0.1) is 0 Å². The van der Waals surface area contributed by atoms with Gasteiger partial charge in [-0.05, 0) is 17.7 Å². The summed E-state index contributed by atoms with van der Waals surface area (Å²) >= 11 is 5.86. The molecule has 0 fully saturated rings. The van der Waals surface area contributed by atoms with Gasteiger partial charge in [-0.15, -0.1) is 0 Å². The van der Waals surface area contributed by atoms with Gasteiger partial charge in [-0.3, -0.25) is 11.3 Å². The average molecular weight is 251 g/mol. The van der Waals surface area contributed by atoms with Gasteiger partial charge in [0.15, 0.2) is 0 Å². The Hall–Kier alpha value is -1.36. The molecule has 0 aliphatic carbocycles. The summed E-state index contributed by atoms with van der Waals surface area (Å²) in [4.78, 5) is 4.29. The van der Waals surface area contributed by atoms with E-state index in [1.165, 1.54) is 0 Å². The van der Waals surface area contributed by atoms with Crippen LogP contribution in [0.15, 0.2) is 36.7 Å². The first-order valence-corrected chi connectivity index (χ1v) is 5.76. The fraction of sp³-hybridized carbons (Fsp3) is 0.250. The zero-order chi connectivity index (χ0) is 12.3. The van der Waals surface area contributed by atoms with E-state index in [1.807, 2.05) is 42.1 Å². The van der Waals surface area contributed by atoms with Crippen LogP contribution >= 0.6 is 11.6 Å². The van der Waals surface area contributed by atoms with Crippen LogP contribution < -0.4 is 11.3 Å². The van der Waals surface area contributed by atoms with Crippen LogP contribution in [0.25, 0.3) is 0 Å². The maximum absolute atomic E-state index is 5.86. The molecular formula is C12H15ClN4. The summed E-state index contributed by atoms with van der Waals surface area (Å²) < 4.78 is 1.99. The normalized spacial score (nSPS) is 12.6. The molecule has 0 saturated carbocycles. The second-order valence-electron chi connectivity index (χ2n) is 3.93. The number of imidazole rings is 1. The van der Waals surface area contributed by atoms with E-state index in [2.05, 4.69) is 10.4 Å². The first-order chi connectivity index (χ1) is 8.20. The summed E-state index contributed by atoms with van der Waals surface area (Å²) in [7, 11) is 1.97. The SMILES string of the molecule is Cn1ccnc1CC(NN)c1ccc(Cl)cc1. The van der Waals surface area contributed by atoms with E-state index in [9.17, 15) is 0 Å². The first-order valence-electron chi connectivity index (χ1n) is 5.38. The molecule has 1 aromatic carbocycles. The molecule has 1 aromatic heterocycles. The quantitative estimate of drug-likeness (QED) is 0.643. The number of nitrogens with zero attached hydrogens (tertiary/aromatic N) is 2. The van der Waals surface area contributed by atoms with Crippen LogP contribution in [-0.2, 0) is 13.5 Å². The molecule has 90 valence electrons. The number of hydrogen-bond donors (Lipinski definition) is 2. The van der Waals surface area contributed by atoms with Crippen molar-refractivity contribution in [2.75, 3.05) is 0 Å². The number of nitrogens with one attached hydrogen (secondary N) is 1. The number of aromatic nitrogens is 2. The van der Waals surface area contributed by atoms with E-state index in [-0.39, 0.29) is 6.04 Å². The molecule has 0 spiro atoms. The average Bonchev–Trinajstić information content (AvgIpc) is 2.73. The first kappa shape index (κ1) is 12.1. The van der Waals surface area contributed by atoms with Crippen LogP contribution in [0.5, 0.6) is 0 Å². The van der Waals surface area contributed by atoms with E-state index in [0.717, 1.165) is 22.8 Å². The summed E-state index contributed by atoms with van der Waals surface area (Å²) in [6.07, 6.45) is 4.44. The van der Waals surface area contributed by atoms with Gasteiger partial charge in [0.05, 0.1) is 6.04 Å². The number of benzene rings is 1. The van der Waals surface area contributed by atoms with Gasteiger partial charge < -0.3 is 4.57 Å². The number of rotatable bonds is 4. The summed E-state index contributed by atoms with van der Waals surface area (Å²) in [6.45, 7) is 0. The summed E-state index contributed by atoms with van der Waals surface area (Å²) in [5.74, 6) is 6.58. The standard InChI is InChI=1S/C12H15ClN4/c1-17-7-6-15-12(17)8-11(16-14)9-2-4-10(13)5-3-9/h2-7,11,16H,8,14H2,1H3. The number of nitrogens with two attached hydrogens (primary N) is 1. The molecule has 0 aliphatic heterocycles. The minimum atomic E-state index is 0.0355. The Morgan fingerprint density at radius 3 is 2.65 bits per heavy atom. The van der Waals surface area contributed by atoms with Gasteiger partial charge in [0, 0.05) is 30.9 Å². The Balaban J connectivity index is 2.17. The second-order valence-corrected chi connectivity index (χ2v) is 4.37. The molecule has 0 amide bonds. The van der Waals surface area contributed by atoms with E-state index in [1.54, 1.807) is 6.20 Å². The zero-order valence-corrected chi connectivity index (χ0v) is 10.4. The number of aryl methyl sites for hydroxylation is 1. The maximum atomic E-state index is 5.86. The lowest BCUT2D eigenvalue weighted by Crippen LogP contribution is -2.30. The molecule has 0 radical (unpaired) electrons. The van der Waals surface area contributed by atoms with Crippen LogP contribution in [-0.4, -0.2) is 9.55 Å². The van der Waals surface area contributed by atoms with E-state index in [0.29, 0.717) is 0 Å². The molecule has 1 unspecified atom stereocenters. The lowest BCUT2D eigenvalue weighted by atomic mass is 10.0. The Morgan fingerprint density at radius 2 is 2.12 bits per heavy atom. The molecule has 0 bridgehead atoms. The van der Waals surface area contributed by atoms with Crippen LogP contribution in [0.2, 0.25) is 5.02 Å². The third-order valence-electron chi connectivity index (χ3n) is 2.78. The molecule has 1 atom stereocenters. The van der Waals surface area contributed by atoms with Gasteiger partial charge in [-0.25, -0.2) is 4.98 Å². The van der Waals surface area contributed by atoms with Gasteiger partial charge in [0.2, 0.25) is 0 Å². The van der Waals surface area contributed by atoms with Crippen molar-refractivity contribution in [1.82, 2.24) is 15.0 Å². The van der Waals surface area contributed by atoms with Gasteiger partial charge >= 0.3 is 0 Å². The highest BCUT2D eigenvalue weighted by atomic mass is 35.5. The summed E-state index contributed by atoms with van der Waals surface area (Å²) in [6, 6.07) is 7.69. The predicted octanol–water partition coefficient (Wildman–Crippen LogP) is 1.82. The van der Waals surface area contributed by atoms with Crippen molar-refractivity contribution in [1.29, 1.82) is 0 Å². The molecule has 3 N–H and O–H groups in total. The number of hydrazine groups is 1. The highest BCUT2D eigenvalue weighted by molar-refractivity contribution is 6.30. The van der Waals surface area contributed by atoms with Gasteiger partial charge in [0.25, 0.3) is 0 Å². The minimum absolute atomic E-state index is 0.0355. The van der Waals surface area contributed by atoms with Crippen molar-refractivity contribution in [2.24, 2.45) is 12.9 Å². The van der Waals surface area contributed by atoms with E-state index < -0.39 is 0 Å². The van der Waals surface area contributed by atoms with Crippen molar-refractivity contribution < 1.29 is 0 Å². The lowest BCUT2D eigenvalue weighted by Gasteiger charge is -2.16. The fourth-order valence-corrected chi connectivity index (χ4v) is 1.87. The topological polar surface area (TPSA) is 55.9 Å². The third kappa shape index (κ3) is 2.85. The van der Waals surface area contributed by atoms with Crippen molar-refractivity contribution in [2.45, 2.75) is 12.5 Å². The number of halogens is 1. The molecule has 2 aromatic rings. The second kappa shape index (κ2) is 5.31. The highest BCUT2D eigenvalue weighted by Crippen LogP contribution is 2.19. The summed E-state index contributed by atoms with van der Waals surface area (Å²) in [5, 5.41) is 0.724. The monoisotopic (exact) mass is 250 g/mol. The molecule has 5 heteroatoms. The van der Waals surface area contributed by atoms with Crippen LogP contribution in [0.1, 0.15) is 17.4 Å². The summed E-state index contributed by atoms with van der Waals surface area (Å²) in [5.41, 5.74) is 3.90. The Bertz CT molecular complexity index is 478. The van der Waals surface area contributed by atoms with Crippen LogP contribution in [0.4, 0.5) is 0 Å². The highest BCUT2D eigenvalue weighted by Gasteiger charge is 2.12.